The van der Waals surface area contributed by atoms with Gasteiger partial charge in [0.2, 0.25) is 5.91 Å². The zero-order valence-electron chi connectivity index (χ0n) is 17.6. The predicted octanol–water partition coefficient (Wildman–Crippen LogP) is 5.54. The van der Waals surface area contributed by atoms with Crippen molar-refractivity contribution < 1.29 is 14.3 Å². The Labute approximate surface area is 173 Å². The third-order valence-electron chi connectivity index (χ3n) is 5.49. The quantitative estimate of drug-likeness (QED) is 0.608. The lowest BCUT2D eigenvalue weighted by Gasteiger charge is -2.38. The number of carbonyl (C=O) groups excluding carboxylic acids is 2. The van der Waals surface area contributed by atoms with Crippen molar-refractivity contribution >= 4 is 12.0 Å². The van der Waals surface area contributed by atoms with Crippen molar-refractivity contribution in [3.05, 3.63) is 83.9 Å². The molecule has 2 aromatic rings. The molecule has 1 saturated heterocycles. The maximum atomic E-state index is 13.3. The van der Waals surface area contributed by atoms with Crippen LogP contribution in [-0.4, -0.2) is 22.9 Å². The molecule has 0 saturated carbocycles. The molecule has 4 nitrogen and oxygen atoms in total. The van der Waals surface area contributed by atoms with Gasteiger partial charge >= 0.3 is 6.09 Å². The number of hydrogen-bond donors (Lipinski definition) is 0. The molecule has 0 bridgehead atoms. The highest BCUT2D eigenvalue weighted by Gasteiger charge is 2.59. The fraction of sp³-hybridized carbons (Fsp3) is 0.360. The highest BCUT2D eigenvalue weighted by molar-refractivity contribution is 5.96. The number of rotatable bonds is 6. The van der Waals surface area contributed by atoms with Crippen LogP contribution in [0.25, 0.3) is 0 Å². The number of amides is 2. The average molecular weight is 392 g/mol. The van der Waals surface area contributed by atoms with E-state index in [1.165, 1.54) is 4.90 Å². The monoisotopic (exact) mass is 391 g/mol. The van der Waals surface area contributed by atoms with Crippen molar-refractivity contribution in [1.82, 2.24) is 4.90 Å². The summed E-state index contributed by atoms with van der Waals surface area (Å²) in [5.41, 5.74) is 1.59. The number of ether oxygens (including phenoxy) is 1. The number of hydrogen-bond acceptors (Lipinski definition) is 3. The number of cyclic esters (lactones) is 1. The molecule has 0 N–H and O–H groups in total. The molecule has 1 aliphatic rings. The number of carbonyl (C=O) groups is 2. The summed E-state index contributed by atoms with van der Waals surface area (Å²) in [7, 11) is 0. The molecule has 1 aliphatic heterocycles. The first kappa shape index (κ1) is 20.8. The Hall–Kier alpha value is -2.88. The first-order valence-electron chi connectivity index (χ1n) is 10.1. The molecule has 0 spiro atoms. The Bertz CT molecular complexity index is 849. The number of benzene rings is 2. The van der Waals surface area contributed by atoms with Gasteiger partial charge in [-0.3, -0.25) is 4.79 Å². The van der Waals surface area contributed by atoms with E-state index in [0.717, 1.165) is 16.7 Å². The summed E-state index contributed by atoms with van der Waals surface area (Å²) in [5, 5.41) is 0. The Balaban J connectivity index is 2.18. The van der Waals surface area contributed by atoms with Crippen LogP contribution in [0.2, 0.25) is 0 Å². The van der Waals surface area contributed by atoms with E-state index >= 15 is 0 Å². The molecule has 0 aromatic heterocycles. The third kappa shape index (κ3) is 3.71. The molecule has 0 radical (unpaired) electrons. The van der Waals surface area contributed by atoms with Gasteiger partial charge in [0.05, 0.1) is 6.04 Å². The second-order valence-electron chi connectivity index (χ2n) is 8.30. The normalized spacial score (nSPS) is 19.1. The van der Waals surface area contributed by atoms with E-state index in [1.807, 2.05) is 88.4 Å². The summed E-state index contributed by atoms with van der Waals surface area (Å²) >= 11 is 0. The molecule has 4 heteroatoms. The molecule has 2 atom stereocenters. The maximum Gasteiger partial charge on any atom is 0.418 e. The van der Waals surface area contributed by atoms with Crippen LogP contribution >= 0.6 is 0 Å². The average Bonchev–Trinajstić information content (AvgIpc) is 3.02. The van der Waals surface area contributed by atoms with Gasteiger partial charge in [-0.05, 0) is 19.3 Å². The molecular weight excluding hydrogens is 362 g/mol. The van der Waals surface area contributed by atoms with Crippen LogP contribution in [-0.2, 0) is 15.1 Å². The lowest BCUT2D eigenvalue weighted by Crippen LogP contribution is -2.51. The number of nitrogens with zero attached hydrogens (tertiary/aromatic N) is 1. The summed E-state index contributed by atoms with van der Waals surface area (Å²) in [4.78, 5) is 27.8. The van der Waals surface area contributed by atoms with E-state index < -0.39 is 17.7 Å². The Morgan fingerprint density at radius 2 is 1.52 bits per heavy atom. The summed E-state index contributed by atoms with van der Waals surface area (Å²) < 4.78 is 6.13. The largest absolute Gasteiger partial charge is 0.430 e. The molecule has 0 unspecified atom stereocenters. The topological polar surface area (TPSA) is 46.6 Å². The van der Waals surface area contributed by atoms with Crippen LogP contribution < -0.4 is 0 Å². The molecular formula is C25H29NO3. The van der Waals surface area contributed by atoms with E-state index in [9.17, 15) is 9.59 Å². The second-order valence-corrected chi connectivity index (χ2v) is 8.30. The minimum Gasteiger partial charge on any atom is -0.430 e. The van der Waals surface area contributed by atoms with Crippen molar-refractivity contribution in [1.29, 1.82) is 0 Å². The second kappa shape index (κ2) is 8.24. The van der Waals surface area contributed by atoms with Gasteiger partial charge in [0, 0.05) is 17.0 Å². The third-order valence-corrected chi connectivity index (χ3v) is 5.49. The highest BCUT2D eigenvalue weighted by atomic mass is 16.6. The fourth-order valence-electron chi connectivity index (χ4n) is 4.38. The summed E-state index contributed by atoms with van der Waals surface area (Å²) in [5.74, 6) is -0.572. The molecule has 0 aliphatic carbocycles. The summed E-state index contributed by atoms with van der Waals surface area (Å²) in [6.07, 6.45) is -0.0492. The summed E-state index contributed by atoms with van der Waals surface area (Å²) in [6.45, 7) is 11.7. The Kier molecular flexibility index (Phi) is 5.92. The molecule has 152 valence electrons. The van der Waals surface area contributed by atoms with Crippen LogP contribution in [0.1, 0.15) is 45.2 Å². The lowest BCUT2D eigenvalue weighted by atomic mass is 9.75. The van der Waals surface area contributed by atoms with Gasteiger partial charge in [0.1, 0.15) is 0 Å². The molecule has 1 fully saturated rings. The summed E-state index contributed by atoms with van der Waals surface area (Å²) in [6, 6.07) is 19.0. The van der Waals surface area contributed by atoms with Crippen molar-refractivity contribution in [2.45, 2.75) is 45.8 Å². The minimum absolute atomic E-state index is 0.0113. The number of imide groups is 1. The SMILES string of the molecule is C=C(C)C[C@H](C)C(=O)N1C(=O)OC(c2ccccc2)(c2ccccc2)[C@H]1C(C)C. The maximum absolute atomic E-state index is 13.3. The van der Waals surface area contributed by atoms with E-state index in [1.54, 1.807) is 0 Å². The van der Waals surface area contributed by atoms with Gasteiger partial charge in [-0.2, -0.15) is 0 Å². The van der Waals surface area contributed by atoms with Gasteiger partial charge in [0.15, 0.2) is 5.60 Å². The molecule has 2 amide bonds. The molecule has 1 heterocycles. The molecule has 3 rings (SSSR count). The van der Waals surface area contributed by atoms with Gasteiger partial charge in [-0.1, -0.05) is 87.0 Å². The van der Waals surface area contributed by atoms with Crippen molar-refractivity contribution in [2.75, 3.05) is 0 Å². The van der Waals surface area contributed by atoms with Crippen LogP contribution in [0, 0.1) is 11.8 Å². The van der Waals surface area contributed by atoms with Crippen molar-refractivity contribution in [3.63, 3.8) is 0 Å². The van der Waals surface area contributed by atoms with Gasteiger partial charge < -0.3 is 4.74 Å². The van der Waals surface area contributed by atoms with E-state index in [2.05, 4.69) is 6.58 Å². The standard InChI is InChI=1S/C25H29NO3/c1-17(2)16-19(5)23(27)26-22(18(3)4)25(29-24(26)28,20-12-8-6-9-13-20)21-14-10-7-11-15-21/h6-15,18-19,22H,1,16H2,2-5H3/t19-,22+/m0/s1. The van der Waals surface area contributed by atoms with Crippen LogP contribution in [0.15, 0.2) is 72.8 Å². The lowest BCUT2D eigenvalue weighted by molar-refractivity contribution is -0.134. The van der Waals surface area contributed by atoms with E-state index in [0.29, 0.717) is 6.42 Å². The zero-order chi connectivity index (χ0) is 21.2. The van der Waals surface area contributed by atoms with Gasteiger partial charge in [-0.15, -0.1) is 6.58 Å². The van der Waals surface area contributed by atoms with Gasteiger partial charge in [-0.25, -0.2) is 9.69 Å². The Morgan fingerprint density at radius 1 is 1.03 bits per heavy atom. The minimum atomic E-state index is -1.05. The van der Waals surface area contributed by atoms with Crippen LogP contribution in [0.5, 0.6) is 0 Å². The van der Waals surface area contributed by atoms with E-state index in [4.69, 9.17) is 4.74 Å². The van der Waals surface area contributed by atoms with Crippen LogP contribution in [0.3, 0.4) is 0 Å². The molecule has 2 aromatic carbocycles. The first-order valence-corrected chi connectivity index (χ1v) is 10.1. The molecule has 29 heavy (non-hydrogen) atoms. The first-order chi connectivity index (χ1) is 13.8. The fourth-order valence-corrected chi connectivity index (χ4v) is 4.38. The van der Waals surface area contributed by atoms with Crippen molar-refractivity contribution in [2.24, 2.45) is 11.8 Å². The Morgan fingerprint density at radius 3 is 1.93 bits per heavy atom. The van der Waals surface area contributed by atoms with E-state index in [-0.39, 0.29) is 17.7 Å². The predicted molar refractivity (Wildman–Crippen MR) is 114 cm³/mol. The van der Waals surface area contributed by atoms with Crippen molar-refractivity contribution in [3.8, 4) is 0 Å². The van der Waals surface area contributed by atoms with Gasteiger partial charge in [0.25, 0.3) is 0 Å². The van der Waals surface area contributed by atoms with Crippen LogP contribution in [0.4, 0.5) is 4.79 Å². The smallest absolute Gasteiger partial charge is 0.418 e. The number of allylic oxidation sites excluding steroid dienone is 1. The zero-order valence-corrected chi connectivity index (χ0v) is 17.6. The highest BCUT2D eigenvalue weighted by Crippen LogP contribution is 2.47.